The molecule has 3 rings (SSSR count). The summed E-state index contributed by atoms with van der Waals surface area (Å²) >= 11 is 0. The number of imide groups is 1. The fourth-order valence-corrected chi connectivity index (χ4v) is 3.40. The van der Waals surface area contributed by atoms with Gasteiger partial charge in [0.1, 0.15) is 11.2 Å². The number of rotatable bonds is 2. The van der Waals surface area contributed by atoms with Crippen molar-refractivity contribution in [3.63, 3.8) is 0 Å². The largest absolute Gasteiger partial charge is 0.281 e. The van der Waals surface area contributed by atoms with E-state index in [0.717, 1.165) is 24.2 Å². The molecule has 2 aliphatic rings. The van der Waals surface area contributed by atoms with Crippen molar-refractivity contribution in [2.24, 2.45) is 5.92 Å². The molecule has 1 aromatic heterocycles. The molecule has 0 saturated heterocycles. The molecule has 5 nitrogen and oxygen atoms in total. The fraction of sp³-hybridized carbons (Fsp3) is 0.500. The fourth-order valence-electron chi connectivity index (χ4n) is 3.40. The molecule has 0 aromatic carbocycles. The number of nitrogens with zero attached hydrogens (tertiary/aromatic N) is 3. The molecule has 1 saturated carbocycles. The van der Waals surface area contributed by atoms with Crippen LogP contribution in [0.25, 0.3) is 0 Å². The highest BCUT2D eigenvalue weighted by Gasteiger charge is 2.51. The van der Waals surface area contributed by atoms with Gasteiger partial charge in [0.15, 0.2) is 0 Å². The van der Waals surface area contributed by atoms with Gasteiger partial charge >= 0.3 is 0 Å². The predicted octanol–water partition coefficient (Wildman–Crippen LogP) is 2.54. The zero-order chi connectivity index (χ0) is 15.0. The second-order valence-corrected chi connectivity index (χ2v) is 5.84. The first-order valence-electron chi connectivity index (χ1n) is 7.38. The summed E-state index contributed by atoms with van der Waals surface area (Å²) < 4.78 is 0. The van der Waals surface area contributed by atoms with Crippen molar-refractivity contribution in [3.05, 3.63) is 29.6 Å². The van der Waals surface area contributed by atoms with Crippen molar-refractivity contribution in [2.45, 2.75) is 44.6 Å². The monoisotopic (exact) mass is 283 g/mol. The Balaban J connectivity index is 1.96. The SMILES string of the molecule is CCC1CCC(C#N)(N2C(=O)c3cccnc3C2=O)CC1. The molecule has 0 radical (unpaired) electrons. The van der Waals surface area contributed by atoms with E-state index in [4.69, 9.17) is 0 Å². The maximum absolute atomic E-state index is 12.5. The molecule has 0 spiro atoms. The van der Waals surface area contributed by atoms with Gasteiger partial charge in [0.25, 0.3) is 11.8 Å². The number of fused-ring (bicyclic) bond motifs is 1. The van der Waals surface area contributed by atoms with Crippen LogP contribution in [0, 0.1) is 17.2 Å². The molecule has 1 aliphatic carbocycles. The van der Waals surface area contributed by atoms with E-state index in [0.29, 0.717) is 24.3 Å². The van der Waals surface area contributed by atoms with E-state index in [2.05, 4.69) is 18.0 Å². The Morgan fingerprint density at radius 3 is 2.67 bits per heavy atom. The smallest absolute Gasteiger partial charge is 0.268 e. The number of hydrogen-bond donors (Lipinski definition) is 0. The Bertz CT molecular complexity index is 604. The van der Waals surface area contributed by atoms with Gasteiger partial charge in [0.05, 0.1) is 11.6 Å². The van der Waals surface area contributed by atoms with Crippen molar-refractivity contribution in [1.29, 1.82) is 5.26 Å². The highest BCUT2D eigenvalue weighted by Crippen LogP contribution is 2.40. The summed E-state index contributed by atoms with van der Waals surface area (Å²) in [5.74, 6) is -0.216. The standard InChI is InChI=1S/C16H17N3O2/c1-2-11-5-7-16(10-17,8-6-11)19-14(20)12-4-3-9-18-13(12)15(19)21/h3-4,9,11H,2,5-8H2,1H3. The minimum atomic E-state index is -0.999. The summed E-state index contributed by atoms with van der Waals surface area (Å²) in [7, 11) is 0. The first-order valence-corrected chi connectivity index (χ1v) is 7.38. The van der Waals surface area contributed by atoms with Crippen LogP contribution >= 0.6 is 0 Å². The van der Waals surface area contributed by atoms with Crippen LogP contribution in [0.1, 0.15) is 59.9 Å². The van der Waals surface area contributed by atoms with Crippen LogP contribution in [0.3, 0.4) is 0 Å². The molecule has 2 heterocycles. The third kappa shape index (κ3) is 1.94. The molecule has 1 aromatic rings. The summed E-state index contributed by atoms with van der Waals surface area (Å²) in [6.45, 7) is 2.13. The molecule has 0 bridgehead atoms. The van der Waals surface area contributed by atoms with Gasteiger partial charge in [-0.1, -0.05) is 13.3 Å². The van der Waals surface area contributed by atoms with Crippen LogP contribution in [0.5, 0.6) is 0 Å². The van der Waals surface area contributed by atoms with Crippen molar-refractivity contribution in [2.75, 3.05) is 0 Å². The number of pyridine rings is 1. The molecule has 21 heavy (non-hydrogen) atoms. The van der Waals surface area contributed by atoms with Gasteiger partial charge in [-0.2, -0.15) is 5.26 Å². The van der Waals surface area contributed by atoms with E-state index < -0.39 is 11.4 Å². The molecular formula is C16H17N3O2. The van der Waals surface area contributed by atoms with E-state index in [-0.39, 0.29) is 11.6 Å². The highest BCUT2D eigenvalue weighted by atomic mass is 16.2. The molecule has 5 heteroatoms. The summed E-state index contributed by atoms with van der Waals surface area (Å²) in [6, 6.07) is 5.50. The Hall–Kier alpha value is -2.22. The topological polar surface area (TPSA) is 74.1 Å². The van der Waals surface area contributed by atoms with Gasteiger partial charge in [-0.05, 0) is 43.7 Å². The van der Waals surface area contributed by atoms with E-state index in [1.54, 1.807) is 12.1 Å². The minimum Gasteiger partial charge on any atom is -0.268 e. The van der Waals surface area contributed by atoms with Crippen LogP contribution in [-0.4, -0.2) is 27.2 Å². The van der Waals surface area contributed by atoms with E-state index in [9.17, 15) is 14.9 Å². The average molecular weight is 283 g/mol. The van der Waals surface area contributed by atoms with E-state index >= 15 is 0 Å². The molecule has 0 atom stereocenters. The number of carbonyl (C=O) groups excluding carboxylic acids is 2. The molecule has 1 aliphatic heterocycles. The van der Waals surface area contributed by atoms with Crippen molar-refractivity contribution < 1.29 is 9.59 Å². The van der Waals surface area contributed by atoms with Gasteiger partial charge in [-0.15, -0.1) is 0 Å². The highest BCUT2D eigenvalue weighted by molar-refractivity contribution is 6.21. The zero-order valence-corrected chi connectivity index (χ0v) is 12.0. The summed E-state index contributed by atoms with van der Waals surface area (Å²) in [5.41, 5.74) is -0.509. The van der Waals surface area contributed by atoms with Crippen LogP contribution in [0.2, 0.25) is 0 Å². The maximum atomic E-state index is 12.5. The summed E-state index contributed by atoms with van der Waals surface area (Å²) in [5, 5.41) is 9.66. The summed E-state index contributed by atoms with van der Waals surface area (Å²) in [4.78, 5) is 30.2. The zero-order valence-electron chi connectivity index (χ0n) is 12.0. The lowest BCUT2D eigenvalue weighted by Gasteiger charge is -2.39. The van der Waals surface area contributed by atoms with Gasteiger partial charge in [0.2, 0.25) is 0 Å². The van der Waals surface area contributed by atoms with Gasteiger partial charge in [-0.25, -0.2) is 0 Å². The maximum Gasteiger partial charge on any atom is 0.281 e. The average Bonchev–Trinajstić information content (AvgIpc) is 2.80. The first kappa shape index (κ1) is 13.7. The number of nitriles is 1. The summed E-state index contributed by atoms with van der Waals surface area (Å²) in [6.07, 6.45) is 5.46. The predicted molar refractivity (Wildman–Crippen MR) is 75.3 cm³/mol. The van der Waals surface area contributed by atoms with Crippen molar-refractivity contribution in [3.8, 4) is 6.07 Å². The van der Waals surface area contributed by atoms with Crippen molar-refractivity contribution in [1.82, 2.24) is 9.88 Å². The Kier molecular flexibility index (Phi) is 3.25. The number of amides is 2. The number of aromatic nitrogens is 1. The second-order valence-electron chi connectivity index (χ2n) is 5.84. The molecular weight excluding hydrogens is 266 g/mol. The molecule has 0 N–H and O–H groups in total. The van der Waals surface area contributed by atoms with Gasteiger partial charge in [0, 0.05) is 6.20 Å². The lowest BCUT2D eigenvalue weighted by atomic mass is 9.75. The third-order valence-corrected chi connectivity index (χ3v) is 4.79. The number of hydrogen-bond acceptors (Lipinski definition) is 4. The Morgan fingerprint density at radius 2 is 2.10 bits per heavy atom. The Labute approximate surface area is 123 Å². The van der Waals surface area contributed by atoms with Gasteiger partial charge in [-0.3, -0.25) is 19.5 Å². The minimum absolute atomic E-state index is 0.176. The van der Waals surface area contributed by atoms with Crippen LogP contribution in [0.4, 0.5) is 0 Å². The first-order chi connectivity index (χ1) is 10.1. The lowest BCUT2D eigenvalue weighted by molar-refractivity contribution is 0.0412. The third-order valence-electron chi connectivity index (χ3n) is 4.79. The Morgan fingerprint density at radius 1 is 1.38 bits per heavy atom. The second kappa shape index (κ2) is 4.96. The molecule has 2 amide bonds. The molecule has 1 fully saturated rings. The van der Waals surface area contributed by atoms with Gasteiger partial charge < -0.3 is 0 Å². The van der Waals surface area contributed by atoms with E-state index in [1.165, 1.54) is 6.20 Å². The van der Waals surface area contributed by atoms with Crippen molar-refractivity contribution >= 4 is 11.8 Å². The van der Waals surface area contributed by atoms with Crippen LogP contribution < -0.4 is 0 Å². The lowest BCUT2D eigenvalue weighted by Crippen LogP contribution is -2.52. The van der Waals surface area contributed by atoms with E-state index in [1.807, 2.05) is 0 Å². The van der Waals surface area contributed by atoms with Crippen LogP contribution in [0.15, 0.2) is 18.3 Å². The quantitative estimate of drug-likeness (QED) is 0.782. The molecule has 0 unspecified atom stereocenters. The number of carbonyl (C=O) groups is 2. The normalized spacial score (nSPS) is 28.4. The molecule has 108 valence electrons. The van der Waals surface area contributed by atoms with Crippen LogP contribution in [-0.2, 0) is 0 Å².